The summed E-state index contributed by atoms with van der Waals surface area (Å²) in [5, 5.41) is 8.86. The third kappa shape index (κ3) is 3.10. The van der Waals surface area contributed by atoms with Gasteiger partial charge < -0.3 is 20.5 Å². The van der Waals surface area contributed by atoms with Crippen molar-refractivity contribution >= 4 is 12.1 Å². The second-order valence-corrected chi connectivity index (χ2v) is 4.99. The molecule has 6 nitrogen and oxygen atoms in total. The van der Waals surface area contributed by atoms with E-state index in [-0.39, 0.29) is 13.1 Å². The Labute approximate surface area is 94.3 Å². The third-order valence-corrected chi connectivity index (χ3v) is 2.33. The molecule has 1 aliphatic heterocycles. The average molecular weight is 230 g/mol. The zero-order valence-corrected chi connectivity index (χ0v) is 9.77. The van der Waals surface area contributed by atoms with Crippen LogP contribution in [0.1, 0.15) is 20.8 Å². The number of aliphatic carboxylic acids is 1. The van der Waals surface area contributed by atoms with Crippen LogP contribution in [0.3, 0.4) is 0 Å². The first kappa shape index (κ1) is 12.8. The number of hydrogen-bond acceptors (Lipinski definition) is 4. The average Bonchev–Trinajstić information content (AvgIpc) is 2.44. The SMILES string of the molecule is CC(C)(C)OC(=O)N1C[C@H](N)[C@H](C(=O)O)C1. The molecule has 0 bridgehead atoms. The van der Waals surface area contributed by atoms with Crippen molar-refractivity contribution in [1.82, 2.24) is 4.90 Å². The Bertz CT molecular complexity index is 298. The molecule has 16 heavy (non-hydrogen) atoms. The van der Waals surface area contributed by atoms with Crippen LogP contribution < -0.4 is 5.73 Å². The van der Waals surface area contributed by atoms with Crippen LogP contribution in [0.25, 0.3) is 0 Å². The number of nitrogens with two attached hydrogens (primary N) is 1. The minimum Gasteiger partial charge on any atom is -0.481 e. The molecule has 0 aliphatic carbocycles. The molecular weight excluding hydrogens is 212 g/mol. The van der Waals surface area contributed by atoms with Crippen molar-refractivity contribution in [3.05, 3.63) is 0 Å². The van der Waals surface area contributed by atoms with Crippen LogP contribution in [0.2, 0.25) is 0 Å². The van der Waals surface area contributed by atoms with Gasteiger partial charge in [0.1, 0.15) is 5.60 Å². The van der Waals surface area contributed by atoms with E-state index < -0.39 is 29.6 Å². The van der Waals surface area contributed by atoms with Gasteiger partial charge in [-0.05, 0) is 20.8 Å². The molecule has 6 heteroatoms. The third-order valence-electron chi connectivity index (χ3n) is 2.33. The highest BCUT2D eigenvalue weighted by Crippen LogP contribution is 2.18. The molecule has 0 saturated carbocycles. The highest BCUT2D eigenvalue weighted by atomic mass is 16.6. The van der Waals surface area contributed by atoms with E-state index >= 15 is 0 Å². The zero-order chi connectivity index (χ0) is 12.5. The number of likely N-dealkylation sites (tertiary alicyclic amines) is 1. The molecule has 1 amide bonds. The standard InChI is InChI=1S/C10H18N2O4/c1-10(2,3)16-9(15)12-4-6(8(13)14)7(11)5-12/h6-7H,4-5,11H2,1-3H3,(H,13,14)/t6-,7+/m1/s1. The second kappa shape index (κ2) is 4.29. The monoisotopic (exact) mass is 230 g/mol. The van der Waals surface area contributed by atoms with Gasteiger partial charge in [-0.3, -0.25) is 4.79 Å². The van der Waals surface area contributed by atoms with Crippen LogP contribution in [0.15, 0.2) is 0 Å². The maximum absolute atomic E-state index is 11.6. The molecule has 0 aromatic heterocycles. The molecule has 1 saturated heterocycles. The van der Waals surface area contributed by atoms with E-state index in [0.29, 0.717) is 0 Å². The summed E-state index contributed by atoms with van der Waals surface area (Å²) in [6.45, 7) is 5.62. The summed E-state index contributed by atoms with van der Waals surface area (Å²) in [6.07, 6.45) is -0.508. The number of carboxylic acid groups (broad SMARTS) is 1. The Hall–Kier alpha value is -1.30. The first-order valence-electron chi connectivity index (χ1n) is 5.17. The van der Waals surface area contributed by atoms with Crippen molar-refractivity contribution in [2.24, 2.45) is 11.7 Å². The predicted molar refractivity (Wildman–Crippen MR) is 56.9 cm³/mol. The van der Waals surface area contributed by atoms with Crippen molar-refractivity contribution in [2.45, 2.75) is 32.4 Å². The molecule has 1 rings (SSSR count). The van der Waals surface area contributed by atoms with Gasteiger partial charge in [0.2, 0.25) is 0 Å². The van der Waals surface area contributed by atoms with Gasteiger partial charge in [0.25, 0.3) is 0 Å². The maximum Gasteiger partial charge on any atom is 0.410 e. The summed E-state index contributed by atoms with van der Waals surface area (Å²) >= 11 is 0. The van der Waals surface area contributed by atoms with Gasteiger partial charge in [0, 0.05) is 19.1 Å². The van der Waals surface area contributed by atoms with Gasteiger partial charge in [-0.2, -0.15) is 0 Å². The van der Waals surface area contributed by atoms with E-state index in [4.69, 9.17) is 15.6 Å². The first-order chi connectivity index (χ1) is 7.20. The molecule has 0 aromatic carbocycles. The van der Waals surface area contributed by atoms with E-state index in [9.17, 15) is 9.59 Å². The number of carboxylic acids is 1. The van der Waals surface area contributed by atoms with Gasteiger partial charge in [-0.1, -0.05) is 0 Å². The molecule has 2 atom stereocenters. The largest absolute Gasteiger partial charge is 0.481 e. The van der Waals surface area contributed by atoms with Crippen molar-refractivity contribution in [1.29, 1.82) is 0 Å². The van der Waals surface area contributed by atoms with Crippen LogP contribution in [0.5, 0.6) is 0 Å². The Morgan fingerprint density at radius 2 is 1.94 bits per heavy atom. The molecule has 0 spiro atoms. The molecule has 3 N–H and O–H groups in total. The number of carbonyl (C=O) groups excluding carboxylic acids is 1. The number of nitrogens with zero attached hydrogens (tertiary/aromatic N) is 1. The van der Waals surface area contributed by atoms with Gasteiger partial charge in [0.05, 0.1) is 5.92 Å². The fourth-order valence-corrected chi connectivity index (χ4v) is 1.57. The minimum atomic E-state index is -0.974. The molecule has 1 aliphatic rings. The topological polar surface area (TPSA) is 92.9 Å². The molecule has 1 fully saturated rings. The number of ether oxygens (including phenoxy) is 1. The lowest BCUT2D eigenvalue weighted by Crippen LogP contribution is -2.36. The lowest BCUT2D eigenvalue weighted by molar-refractivity contribution is -0.141. The summed E-state index contributed by atoms with van der Waals surface area (Å²) in [6, 6.07) is -0.523. The molecule has 92 valence electrons. The van der Waals surface area contributed by atoms with E-state index in [1.54, 1.807) is 20.8 Å². The molecule has 0 aromatic rings. The lowest BCUT2D eigenvalue weighted by Gasteiger charge is -2.24. The number of rotatable bonds is 1. The highest BCUT2D eigenvalue weighted by molar-refractivity contribution is 5.75. The van der Waals surface area contributed by atoms with Crippen LogP contribution in [0.4, 0.5) is 4.79 Å². The van der Waals surface area contributed by atoms with Gasteiger partial charge >= 0.3 is 12.1 Å². The first-order valence-corrected chi connectivity index (χ1v) is 5.17. The maximum atomic E-state index is 11.6. The fraction of sp³-hybridized carbons (Fsp3) is 0.800. The Kier molecular flexibility index (Phi) is 3.42. The van der Waals surface area contributed by atoms with Crippen LogP contribution >= 0.6 is 0 Å². The van der Waals surface area contributed by atoms with E-state index in [1.165, 1.54) is 4.90 Å². The molecular formula is C10H18N2O4. The van der Waals surface area contributed by atoms with Crippen LogP contribution in [0, 0.1) is 5.92 Å². The molecule has 1 heterocycles. The van der Waals surface area contributed by atoms with Gasteiger partial charge in [-0.25, -0.2) is 4.79 Å². The van der Waals surface area contributed by atoms with E-state index in [1.807, 2.05) is 0 Å². The summed E-state index contributed by atoms with van der Waals surface area (Å²) in [4.78, 5) is 23.8. The zero-order valence-electron chi connectivity index (χ0n) is 9.77. The van der Waals surface area contributed by atoms with Gasteiger partial charge in [0.15, 0.2) is 0 Å². The Balaban J connectivity index is 2.58. The number of carbonyl (C=O) groups is 2. The van der Waals surface area contributed by atoms with Crippen LogP contribution in [-0.2, 0) is 9.53 Å². The Morgan fingerprint density at radius 1 is 1.38 bits per heavy atom. The van der Waals surface area contributed by atoms with E-state index in [2.05, 4.69) is 0 Å². The predicted octanol–water partition coefficient (Wildman–Crippen LogP) is 0.265. The Morgan fingerprint density at radius 3 is 2.31 bits per heavy atom. The normalized spacial score (nSPS) is 25.6. The quantitative estimate of drug-likeness (QED) is 0.674. The smallest absolute Gasteiger partial charge is 0.410 e. The van der Waals surface area contributed by atoms with Crippen molar-refractivity contribution in [3.8, 4) is 0 Å². The van der Waals surface area contributed by atoms with Crippen LogP contribution in [-0.4, -0.2) is 46.8 Å². The summed E-state index contributed by atoms with van der Waals surface area (Å²) in [5.41, 5.74) is 5.06. The molecule has 0 unspecified atom stereocenters. The van der Waals surface area contributed by atoms with Crippen molar-refractivity contribution < 1.29 is 19.4 Å². The summed E-state index contributed by atoms with van der Waals surface area (Å²) in [5.74, 6) is -1.67. The second-order valence-electron chi connectivity index (χ2n) is 4.99. The van der Waals surface area contributed by atoms with Crippen molar-refractivity contribution in [3.63, 3.8) is 0 Å². The van der Waals surface area contributed by atoms with E-state index in [0.717, 1.165) is 0 Å². The highest BCUT2D eigenvalue weighted by Gasteiger charge is 2.39. The lowest BCUT2D eigenvalue weighted by atomic mass is 10.1. The summed E-state index contributed by atoms with van der Waals surface area (Å²) < 4.78 is 5.14. The number of amides is 1. The van der Waals surface area contributed by atoms with Gasteiger partial charge in [-0.15, -0.1) is 0 Å². The van der Waals surface area contributed by atoms with Crippen molar-refractivity contribution in [2.75, 3.05) is 13.1 Å². The fourth-order valence-electron chi connectivity index (χ4n) is 1.57. The minimum absolute atomic E-state index is 0.116. The summed E-state index contributed by atoms with van der Waals surface area (Å²) in [7, 11) is 0. The molecule has 0 radical (unpaired) electrons. The number of hydrogen-bond donors (Lipinski definition) is 2.